The number of aliphatic hydroxyl groups is 1. The van der Waals surface area contributed by atoms with E-state index in [0.717, 1.165) is 5.56 Å². The monoisotopic (exact) mass is 257 g/mol. The number of aromatic nitrogens is 1. The van der Waals surface area contributed by atoms with Crippen molar-refractivity contribution in [3.8, 4) is 0 Å². The van der Waals surface area contributed by atoms with Crippen molar-refractivity contribution in [3.63, 3.8) is 0 Å². The number of benzene rings is 1. The van der Waals surface area contributed by atoms with Crippen molar-refractivity contribution in [2.24, 2.45) is 0 Å². The average Bonchev–Trinajstić information content (AvgIpc) is 2.67. The number of nitrogens with zero attached hydrogens (tertiary/aromatic N) is 1. The third-order valence-electron chi connectivity index (χ3n) is 3.79. The Labute approximate surface area is 115 Å². The lowest BCUT2D eigenvalue weighted by Crippen LogP contribution is -2.17. The number of hydrogen-bond acceptors (Lipinski definition) is 1. The van der Waals surface area contributed by atoms with Crippen molar-refractivity contribution in [3.05, 3.63) is 58.9 Å². The highest BCUT2D eigenvalue weighted by atomic mass is 16.3. The minimum absolute atomic E-state index is 0.275. The molecule has 102 valence electrons. The van der Waals surface area contributed by atoms with E-state index in [-0.39, 0.29) is 6.04 Å². The lowest BCUT2D eigenvalue weighted by molar-refractivity contribution is 0.0785. The molecule has 0 amide bonds. The van der Waals surface area contributed by atoms with Gasteiger partial charge in [0, 0.05) is 11.4 Å². The zero-order valence-electron chi connectivity index (χ0n) is 12.4. The largest absolute Gasteiger partial charge is 0.386 e. The molecule has 2 nitrogen and oxygen atoms in total. The van der Waals surface area contributed by atoms with E-state index >= 15 is 0 Å². The van der Waals surface area contributed by atoms with Gasteiger partial charge in [0.1, 0.15) is 0 Å². The van der Waals surface area contributed by atoms with E-state index in [0.29, 0.717) is 0 Å². The van der Waals surface area contributed by atoms with Crippen LogP contribution in [0.4, 0.5) is 0 Å². The van der Waals surface area contributed by atoms with Crippen LogP contribution < -0.4 is 0 Å². The fourth-order valence-corrected chi connectivity index (χ4v) is 2.62. The highest BCUT2D eigenvalue weighted by Gasteiger charge is 2.18. The van der Waals surface area contributed by atoms with Gasteiger partial charge >= 0.3 is 0 Å². The Morgan fingerprint density at radius 1 is 1.05 bits per heavy atom. The SMILES string of the molecule is Cc1ccc(C)n1[C@H](C)c1cccc(C(C)(C)O)c1. The highest BCUT2D eigenvalue weighted by Crippen LogP contribution is 2.27. The summed E-state index contributed by atoms with van der Waals surface area (Å²) in [5.74, 6) is 0. The summed E-state index contributed by atoms with van der Waals surface area (Å²) in [5.41, 5.74) is 3.91. The van der Waals surface area contributed by atoms with E-state index in [2.05, 4.69) is 49.6 Å². The topological polar surface area (TPSA) is 25.2 Å². The van der Waals surface area contributed by atoms with Crippen LogP contribution >= 0.6 is 0 Å². The summed E-state index contributed by atoms with van der Waals surface area (Å²) in [6, 6.07) is 12.8. The summed E-state index contributed by atoms with van der Waals surface area (Å²) in [4.78, 5) is 0. The molecule has 2 rings (SSSR count). The minimum Gasteiger partial charge on any atom is -0.386 e. The Balaban J connectivity index is 2.43. The maximum Gasteiger partial charge on any atom is 0.0840 e. The van der Waals surface area contributed by atoms with Gasteiger partial charge in [-0.1, -0.05) is 24.3 Å². The van der Waals surface area contributed by atoms with Crippen molar-refractivity contribution in [1.29, 1.82) is 0 Å². The number of aryl methyl sites for hydroxylation is 2. The van der Waals surface area contributed by atoms with Crippen LogP contribution in [-0.2, 0) is 5.60 Å². The van der Waals surface area contributed by atoms with E-state index < -0.39 is 5.60 Å². The van der Waals surface area contributed by atoms with Crippen molar-refractivity contribution in [1.82, 2.24) is 4.57 Å². The van der Waals surface area contributed by atoms with Gasteiger partial charge in [-0.2, -0.15) is 0 Å². The number of rotatable bonds is 3. The van der Waals surface area contributed by atoms with Crippen molar-refractivity contribution in [2.75, 3.05) is 0 Å². The standard InChI is InChI=1S/C17H23NO/c1-12-9-10-13(2)18(12)14(3)15-7-6-8-16(11-15)17(4,5)19/h6-11,14,19H,1-5H3/t14-/m1/s1. The maximum absolute atomic E-state index is 10.1. The molecule has 1 heterocycles. The quantitative estimate of drug-likeness (QED) is 0.885. The molecule has 2 aromatic rings. The average molecular weight is 257 g/mol. The molecule has 0 fully saturated rings. The van der Waals surface area contributed by atoms with E-state index in [1.807, 2.05) is 26.0 Å². The summed E-state index contributed by atoms with van der Waals surface area (Å²) < 4.78 is 2.32. The zero-order valence-corrected chi connectivity index (χ0v) is 12.4. The molecule has 0 bridgehead atoms. The lowest BCUT2D eigenvalue weighted by atomic mass is 9.94. The van der Waals surface area contributed by atoms with Gasteiger partial charge < -0.3 is 9.67 Å². The minimum atomic E-state index is -0.795. The molecular formula is C17H23NO. The van der Waals surface area contributed by atoms with Crippen LogP contribution in [0.1, 0.15) is 49.3 Å². The van der Waals surface area contributed by atoms with Crippen LogP contribution in [0.5, 0.6) is 0 Å². The molecule has 0 aliphatic heterocycles. The van der Waals surface area contributed by atoms with Gasteiger partial charge in [0.05, 0.1) is 11.6 Å². The predicted octanol–water partition coefficient (Wildman–Crippen LogP) is 3.94. The Morgan fingerprint density at radius 2 is 1.63 bits per heavy atom. The van der Waals surface area contributed by atoms with Crippen molar-refractivity contribution >= 4 is 0 Å². The van der Waals surface area contributed by atoms with E-state index in [1.165, 1.54) is 17.0 Å². The molecule has 0 spiro atoms. The summed E-state index contributed by atoms with van der Waals surface area (Å²) in [6.07, 6.45) is 0. The Kier molecular flexibility index (Phi) is 3.55. The molecule has 19 heavy (non-hydrogen) atoms. The van der Waals surface area contributed by atoms with Crippen molar-refractivity contribution in [2.45, 2.75) is 46.3 Å². The molecule has 0 radical (unpaired) electrons. The second-order valence-corrected chi connectivity index (χ2v) is 5.85. The predicted molar refractivity (Wildman–Crippen MR) is 79.4 cm³/mol. The van der Waals surface area contributed by atoms with E-state index in [9.17, 15) is 5.11 Å². The van der Waals surface area contributed by atoms with Crippen LogP contribution in [0, 0.1) is 13.8 Å². The molecule has 2 heteroatoms. The van der Waals surface area contributed by atoms with Gasteiger partial charge in [0.25, 0.3) is 0 Å². The van der Waals surface area contributed by atoms with Gasteiger partial charge in [-0.15, -0.1) is 0 Å². The van der Waals surface area contributed by atoms with Crippen LogP contribution in [0.3, 0.4) is 0 Å². The molecule has 0 unspecified atom stereocenters. The molecule has 0 aliphatic carbocycles. The Bertz CT molecular complexity index is 556. The van der Waals surface area contributed by atoms with Crippen LogP contribution in [0.25, 0.3) is 0 Å². The molecule has 1 aromatic carbocycles. The summed E-state index contributed by atoms with van der Waals surface area (Å²) in [6.45, 7) is 10.1. The third-order valence-corrected chi connectivity index (χ3v) is 3.79. The first-order chi connectivity index (χ1) is 8.80. The summed E-state index contributed by atoms with van der Waals surface area (Å²) in [5, 5.41) is 10.1. The molecule has 0 saturated carbocycles. The molecule has 1 atom stereocenters. The molecule has 1 N–H and O–H groups in total. The van der Waals surface area contributed by atoms with E-state index in [1.54, 1.807) is 0 Å². The molecule has 0 saturated heterocycles. The summed E-state index contributed by atoms with van der Waals surface area (Å²) in [7, 11) is 0. The van der Waals surface area contributed by atoms with Crippen LogP contribution in [-0.4, -0.2) is 9.67 Å². The number of hydrogen-bond donors (Lipinski definition) is 1. The zero-order chi connectivity index (χ0) is 14.2. The molecule has 1 aromatic heterocycles. The summed E-state index contributed by atoms with van der Waals surface area (Å²) >= 11 is 0. The Morgan fingerprint density at radius 3 is 2.16 bits per heavy atom. The van der Waals surface area contributed by atoms with Crippen molar-refractivity contribution < 1.29 is 5.11 Å². The smallest absolute Gasteiger partial charge is 0.0840 e. The van der Waals surface area contributed by atoms with Crippen LogP contribution in [0.15, 0.2) is 36.4 Å². The fourth-order valence-electron chi connectivity index (χ4n) is 2.62. The van der Waals surface area contributed by atoms with E-state index in [4.69, 9.17) is 0 Å². The fraction of sp³-hybridized carbons (Fsp3) is 0.412. The Hall–Kier alpha value is -1.54. The lowest BCUT2D eigenvalue weighted by Gasteiger charge is -2.23. The maximum atomic E-state index is 10.1. The molecular weight excluding hydrogens is 234 g/mol. The second kappa shape index (κ2) is 4.86. The molecule has 0 aliphatic rings. The van der Waals surface area contributed by atoms with Crippen LogP contribution in [0.2, 0.25) is 0 Å². The van der Waals surface area contributed by atoms with Gasteiger partial charge in [0.15, 0.2) is 0 Å². The second-order valence-electron chi connectivity index (χ2n) is 5.85. The first kappa shape index (κ1) is 13.9. The normalized spacial score (nSPS) is 13.6. The first-order valence-electron chi connectivity index (χ1n) is 6.78. The van der Waals surface area contributed by atoms with Gasteiger partial charge in [0.2, 0.25) is 0 Å². The first-order valence-corrected chi connectivity index (χ1v) is 6.78. The highest BCUT2D eigenvalue weighted by molar-refractivity contribution is 5.31. The van der Waals surface area contributed by atoms with Gasteiger partial charge in [-0.05, 0) is 57.9 Å². The van der Waals surface area contributed by atoms with Gasteiger partial charge in [-0.3, -0.25) is 0 Å². The van der Waals surface area contributed by atoms with Gasteiger partial charge in [-0.25, -0.2) is 0 Å². The third kappa shape index (κ3) is 2.74.